The zero-order valence-electron chi connectivity index (χ0n) is 9.61. The van der Waals surface area contributed by atoms with Gasteiger partial charge in [0.2, 0.25) is 0 Å². The average molecular weight is 211 g/mol. The Labute approximate surface area is 91.3 Å². The van der Waals surface area contributed by atoms with Crippen LogP contribution in [0, 0.1) is 0 Å². The molecule has 1 rings (SSSR count). The maximum absolute atomic E-state index is 9.04. The van der Waals surface area contributed by atoms with Crippen molar-refractivity contribution in [3.63, 3.8) is 0 Å². The van der Waals surface area contributed by atoms with Crippen LogP contribution in [0.2, 0.25) is 0 Å². The van der Waals surface area contributed by atoms with Gasteiger partial charge < -0.3 is 10.4 Å². The summed E-state index contributed by atoms with van der Waals surface area (Å²) in [5.41, 5.74) is 1.18. The smallest absolute Gasteiger partial charge is 0.0584 e. The third kappa shape index (κ3) is 3.64. The second-order valence-corrected chi connectivity index (χ2v) is 3.71. The summed E-state index contributed by atoms with van der Waals surface area (Å²) in [4.78, 5) is 0. The van der Waals surface area contributed by atoms with Crippen molar-refractivity contribution in [2.24, 2.45) is 0 Å². The van der Waals surface area contributed by atoms with Gasteiger partial charge in [0.05, 0.1) is 12.3 Å². The van der Waals surface area contributed by atoms with Crippen molar-refractivity contribution in [1.82, 2.24) is 15.1 Å². The molecular weight excluding hydrogens is 190 g/mol. The van der Waals surface area contributed by atoms with E-state index in [2.05, 4.69) is 24.3 Å². The first-order chi connectivity index (χ1) is 7.31. The van der Waals surface area contributed by atoms with Crippen LogP contribution in [-0.2, 0) is 13.1 Å². The molecule has 0 saturated heterocycles. The lowest BCUT2D eigenvalue weighted by molar-refractivity contribution is 0.237. The molecule has 1 heterocycles. The third-order valence-electron chi connectivity index (χ3n) is 2.52. The summed E-state index contributed by atoms with van der Waals surface area (Å²) < 4.78 is 2.01. The topological polar surface area (TPSA) is 50.1 Å². The molecule has 0 aliphatic rings. The normalized spacial score (nSPS) is 13.0. The molecule has 0 fully saturated rings. The van der Waals surface area contributed by atoms with Gasteiger partial charge in [-0.2, -0.15) is 5.10 Å². The molecule has 0 unspecified atom stereocenters. The number of nitrogens with one attached hydrogen (secondary N) is 1. The van der Waals surface area contributed by atoms with Gasteiger partial charge in [0.15, 0.2) is 0 Å². The minimum atomic E-state index is 0.190. The maximum Gasteiger partial charge on any atom is 0.0584 e. The van der Waals surface area contributed by atoms with Crippen LogP contribution in [0.15, 0.2) is 12.3 Å². The number of hydrogen-bond acceptors (Lipinski definition) is 3. The highest BCUT2D eigenvalue weighted by Gasteiger charge is 2.06. The number of aliphatic hydroxyl groups excluding tert-OH is 1. The SMILES string of the molecule is CCCn1nccc1CN[C@@H](CC)CO. The van der Waals surface area contributed by atoms with E-state index in [0.717, 1.165) is 25.9 Å². The van der Waals surface area contributed by atoms with Crippen molar-refractivity contribution in [3.05, 3.63) is 18.0 Å². The maximum atomic E-state index is 9.04. The number of aliphatic hydroxyl groups is 1. The van der Waals surface area contributed by atoms with Crippen LogP contribution in [-0.4, -0.2) is 27.5 Å². The van der Waals surface area contributed by atoms with Crippen molar-refractivity contribution in [2.75, 3.05) is 6.61 Å². The van der Waals surface area contributed by atoms with Crippen LogP contribution in [0.25, 0.3) is 0 Å². The fraction of sp³-hybridized carbons (Fsp3) is 0.727. The molecule has 1 aromatic rings. The summed E-state index contributed by atoms with van der Waals surface area (Å²) in [5.74, 6) is 0. The van der Waals surface area contributed by atoms with Gasteiger partial charge in [-0.1, -0.05) is 13.8 Å². The monoisotopic (exact) mass is 211 g/mol. The lowest BCUT2D eigenvalue weighted by Gasteiger charge is -2.14. The third-order valence-corrected chi connectivity index (χ3v) is 2.52. The fourth-order valence-corrected chi connectivity index (χ4v) is 1.51. The molecule has 1 aromatic heterocycles. The Morgan fingerprint density at radius 2 is 2.33 bits per heavy atom. The largest absolute Gasteiger partial charge is 0.395 e. The summed E-state index contributed by atoms with van der Waals surface area (Å²) in [6, 6.07) is 2.21. The molecule has 0 spiro atoms. The Bertz CT molecular complexity index is 269. The molecule has 4 heteroatoms. The van der Waals surface area contributed by atoms with Gasteiger partial charge in [-0.25, -0.2) is 0 Å². The number of rotatable bonds is 7. The van der Waals surface area contributed by atoms with E-state index >= 15 is 0 Å². The van der Waals surface area contributed by atoms with Gasteiger partial charge in [0, 0.05) is 25.3 Å². The number of nitrogens with zero attached hydrogens (tertiary/aromatic N) is 2. The van der Waals surface area contributed by atoms with E-state index in [0.29, 0.717) is 0 Å². The Morgan fingerprint density at radius 3 is 2.93 bits per heavy atom. The lowest BCUT2D eigenvalue weighted by atomic mass is 10.2. The van der Waals surface area contributed by atoms with Gasteiger partial charge in [0.1, 0.15) is 0 Å². The van der Waals surface area contributed by atoms with E-state index in [9.17, 15) is 0 Å². The van der Waals surface area contributed by atoms with E-state index in [1.165, 1.54) is 5.69 Å². The average Bonchev–Trinajstić information content (AvgIpc) is 2.68. The van der Waals surface area contributed by atoms with E-state index < -0.39 is 0 Å². The predicted molar refractivity (Wildman–Crippen MR) is 60.5 cm³/mol. The highest BCUT2D eigenvalue weighted by molar-refractivity contribution is 5.00. The number of aromatic nitrogens is 2. The number of aryl methyl sites for hydroxylation is 1. The minimum Gasteiger partial charge on any atom is -0.395 e. The Kier molecular flexibility index (Phi) is 5.36. The quantitative estimate of drug-likeness (QED) is 0.711. The van der Waals surface area contributed by atoms with Crippen molar-refractivity contribution in [1.29, 1.82) is 0 Å². The molecule has 2 N–H and O–H groups in total. The molecular formula is C11H21N3O. The molecule has 0 bridgehead atoms. The zero-order chi connectivity index (χ0) is 11.1. The predicted octanol–water partition coefficient (Wildman–Crippen LogP) is 1.15. The molecule has 15 heavy (non-hydrogen) atoms. The van der Waals surface area contributed by atoms with E-state index in [4.69, 9.17) is 5.11 Å². The number of hydrogen-bond donors (Lipinski definition) is 2. The molecule has 4 nitrogen and oxygen atoms in total. The van der Waals surface area contributed by atoms with Gasteiger partial charge in [-0.15, -0.1) is 0 Å². The first-order valence-electron chi connectivity index (χ1n) is 5.66. The first kappa shape index (κ1) is 12.2. The summed E-state index contributed by atoms with van der Waals surface area (Å²) >= 11 is 0. The summed E-state index contributed by atoms with van der Waals surface area (Å²) in [7, 11) is 0. The van der Waals surface area contributed by atoms with Crippen LogP contribution >= 0.6 is 0 Å². The van der Waals surface area contributed by atoms with Gasteiger partial charge in [-0.05, 0) is 18.9 Å². The van der Waals surface area contributed by atoms with Crippen molar-refractivity contribution >= 4 is 0 Å². The van der Waals surface area contributed by atoms with Crippen LogP contribution < -0.4 is 5.32 Å². The van der Waals surface area contributed by atoms with Gasteiger partial charge in [0.25, 0.3) is 0 Å². The second-order valence-electron chi connectivity index (χ2n) is 3.71. The van der Waals surface area contributed by atoms with Crippen molar-refractivity contribution in [2.45, 2.75) is 45.8 Å². The van der Waals surface area contributed by atoms with Crippen molar-refractivity contribution < 1.29 is 5.11 Å². The van der Waals surface area contributed by atoms with Crippen molar-refractivity contribution in [3.8, 4) is 0 Å². The Balaban J connectivity index is 2.45. The first-order valence-corrected chi connectivity index (χ1v) is 5.66. The second kappa shape index (κ2) is 6.58. The van der Waals surface area contributed by atoms with Crippen LogP contribution in [0.3, 0.4) is 0 Å². The standard InChI is InChI=1S/C11H21N3O/c1-3-7-14-11(5-6-13-14)8-12-10(4-2)9-15/h5-6,10,12,15H,3-4,7-9H2,1-2H3/t10-/m0/s1. The molecule has 86 valence electrons. The van der Waals surface area contributed by atoms with E-state index in [1.807, 2.05) is 16.9 Å². The molecule has 0 aliphatic carbocycles. The summed E-state index contributed by atoms with van der Waals surface area (Å²) in [5, 5.41) is 16.6. The lowest BCUT2D eigenvalue weighted by Crippen LogP contribution is -2.32. The summed E-state index contributed by atoms with van der Waals surface area (Å²) in [6.07, 6.45) is 3.86. The van der Waals surface area contributed by atoms with Crippen LogP contribution in [0.1, 0.15) is 32.4 Å². The zero-order valence-corrected chi connectivity index (χ0v) is 9.61. The van der Waals surface area contributed by atoms with E-state index in [-0.39, 0.29) is 12.6 Å². The summed E-state index contributed by atoms with van der Waals surface area (Å²) in [6.45, 7) is 6.14. The molecule has 0 aliphatic heterocycles. The van der Waals surface area contributed by atoms with Crippen LogP contribution in [0.4, 0.5) is 0 Å². The minimum absolute atomic E-state index is 0.190. The Hall–Kier alpha value is -0.870. The molecule has 1 atom stereocenters. The molecule has 0 radical (unpaired) electrons. The van der Waals surface area contributed by atoms with Gasteiger partial charge >= 0.3 is 0 Å². The van der Waals surface area contributed by atoms with Crippen LogP contribution in [0.5, 0.6) is 0 Å². The molecule has 0 amide bonds. The van der Waals surface area contributed by atoms with Gasteiger partial charge in [-0.3, -0.25) is 4.68 Å². The fourth-order valence-electron chi connectivity index (χ4n) is 1.51. The van der Waals surface area contributed by atoms with E-state index in [1.54, 1.807) is 0 Å². The highest BCUT2D eigenvalue weighted by Crippen LogP contribution is 2.01. The highest BCUT2D eigenvalue weighted by atomic mass is 16.3. The Morgan fingerprint density at radius 1 is 1.53 bits per heavy atom. The molecule has 0 aromatic carbocycles. The molecule has 0 saturated carbocycles.